The van der Waals surface area contributed by atoms with Crippen molar-refractivity contribution in [3.05, 3.63) is 41.0 Å². The van der Waals surface area contributed by atoms with E-state index < -0.39 is 17.8 Å². The molecule has 0 unspecified atom stereocenters. The molecule has 4 heteroatoms. The van der Waals surface area contributed by atoms with Crippen LogP contribution in [0.5, 0.6) is 0 Å². The molecular weight excluding hydrogens is 302 g/mol. The highest BCUT2D eigenvalue weighted by molar-refractivity contribution is 5.95. The van der Waals surface area contributed by atoms with Gasteiger partial charge in [-0.05, 0) is 57.2 Å². The summed E-state index contributed by atoms with van der Waals surface area (Å²) >= 11 is 0. The van der Waals surface area contributed by atoms with Crippen molar-refractivity contribution < 1.29 is 14.7 Å². The van der Waals surface area contributed by atoms with Crippen molar-refractivity contribution in [3.8, 4) is 0 Å². The van der Waals surface area contributed by atoms with Crippen LogP contribution in [0.25, 0.3) is 0 Å². The summed E-state index contributed by atoms with van der Waals surface area (Å²) < 4.78 is 0. The number of anilines is 1. The van der Waals surface area contributed by atoms with Gasteiger partial charge in [-0.1, -0.05) is 36.6 Å². The van der Waals surface area contributed by atoms with Gasteiger partial charge in [0.05, 0.1) is 5.92 Å². The molecule has 0 aliphatic heterocycles. The van der Waals surface area contributed by atoms with Crippen LogP contribution in [0.3, 0.4) is 0 Å². The van der Waals surface area contributed by atoms with E-state index in [2.05, 4.69) is 12.2 Å². The maximum atomic E-state index is 12.6. The number of nitrogens with one attached hydrogen (secondary N) is 1. The summed E-state index contributed by atoms with van der Waals surface area (Å²) in [4.78, 5) is 24.0. The first-order valence-electron chi connectivity index (χ1n) is 8.68. The smallest absolute Gasteiger partial charge is 0.228 e. The normalized spacial score (nSPS) is 20.8. The van der Waals surface area contributed by atoms with Gasteiger partial charge in [-0.2, -0.15) is 0 Å². The molecule has 0 saturated carbocycles. The summed E-state index contributed by atoms with van der Waals surface area (Å²) in [6, 6.07) is 7.79. The first kappa shape index (κ1) is 18.2. The van der Waals surface area contributed by atoms with Crippen LogP contribution >= 0.6 is 0 Å². The number of hydrogen-bond donors (Lipinski definition) is 1. The molecule has 24 heavy (non-hydrogen) atoms. The number of aryl methyl sites for hydroxylation is 1. The lowest BCUT2D eigenvalue weighted by atomic mass is 9.76. The van der Waals surface area contributed by atoms with Crippen LogP contribution in [0.2, 0.25) is 0 Å². The molecule has 0 radical (unpaired) electrons. The Morgan fingerprint density at radius 2 is 1.67 bits per heavy atom. The van der Waals surface area contributed by atoms with Crippen LogP contribution in [-0.4, -0.2) is 11.9 Å². The molecule has 0 heterocycles. The molecule has 0 spiro atoms. The number of unbranched alkanes of at least 4 members (excludes halogenated alkanes) is 1. The molecule has 1 aliphatic carbocycles. The van der Waals surface area contributed by atoms with Gasteiger partial charge >= 0.3 is 0 Å². The lowest BCUT2D eigenvalue weighted by Crippen LogP contribution is -2.42. The molecule has 1 N–H and O–H groups in total. The van der Waals surface area contributed by atoms with Gasteiger partial charge in [0.1, 0.15) is 0 Å². The monoisotopic (exact) mass is 328 g/mol. The summed E-state index contributed by atoms with van der Waals surface area (Å²) in [6.07, 6.45) is 4.19. The Morgan fingerprint density at radius 3 is 2.21 bits per heavy atom. The maximum absolute atomic E-state index is 12.6. The highest BCUT2D eigenvalue weighted by Gasteiger charge is 2.33. The number of hydrogen-bond acceptors (Lipinski definition) is 3. The van der Waals surface area contributed by atoms with Crippen LogP contribution < -0.4 is 10.4 Å². The molecule has 1 aliphatic rings. The van der Waals surface area contributed by atoms with Crippen LogP contribution in [-0.2, 0) is 16.0 Å². The molecule has 1 amide bonds. The van der Waals surface area contributed by atoms with Gasteiger partial charge in [0.15, 0.2) is 0 Å². The number of amides is 1. The van der Waals surface area contributed by atoms with Crippen molar-refractivity contribution in [2.45, 2.75) is 52.9 Å². The largest absolute Gasteiger partial charge is 0.550 e. The first-order chi connectivity index (χ1) is 11.4. The van der Waals surface area contributed by atoms with Crippen LogP contribution in [0.15, 0.2) is 35.4 Å². The van der Waals surface area contributed by atoms with Crippen LogP contribution in [0.4, 0.5) is 5.69 Å². The number of aliphatic carboxylic acids is 1. The van der Waals surface area contributed by atoms with E-state index in [4.69, 9.17) is 0 Å². The van der Waals surface area contributed by atoms with E-state index in [1.165, 1.54) is 5.56 Å². The third-order valence-electron chi connectivity index (χ3n) is 4.95. The standard InChI is InChI=1S/C20H27NO3/c1-4-5-6-15-7-9-16(10-8-15)21-19(22)17-11-13(2)14(3)12-18(17)20(23)24/h7-10,17-18H,4-6,11-12H2,1-3H3,(H,21,22)(H,23,24)/p-1/t17-,18-/m0/s1. The molecule has 1 aromatic rings. The van der Waals surface area contributed by atoms with Crippen LogP contribution in [0, 0.1) is 11.8 Å². The topological polar surface area (TPSA) is 69.2 Å². The third-order valence-corrected chi connectivity index (χ3v) is 4.95. The average molecular weight is 328 g/mol. The Balaban J connectivity index is 2.06. The minimum atomic E-state index is -1.14. The Kier molecular flexibility index (Phi) is 6.18. The SMILES string of the molecule is CCCCc1ccc(NC(=O)[C@H]2CC(C)=C(C)C[C@@H]2C(=O)[O-])cc1. The molecule has 2 atom stereocenters. The van der Waals surface area contributed by atoms with E-state index in [1.807, 2.05) is 38.1 Å². The predicted octanol–water partition coefficient (Wildman–Crippen LogP) is 3.08. The summed E-state index contributed by atoms with van der Waals surface area (Å²) in [7, 11) is 0. The van der Waals surface area contributed by atoms with Gasteiger partial charge in [0.25, 0.3) is 0 Å². The quantitative estimate of drug-likeness (QED) is 0.816. The predicted molar refractivity (Wildman–Crippen MR) is 93.3 cm³/mol. The molecule has 0 saturated heterocycles. The van der Waals surface area contributed by atoms with E-state index in [-0.39, 0.29) is 5.91 Å². The summed E-state index contributed by atoms with van der Waals surface area (Å²) in [6.45, 7) is 6.04. The van der Waals surface area contributed by atoms with Gasteiger partial charge in [0, 0.05) is 17.6 Å². The Labute approximate surface area is 144 Å². The third kappa shape index (κ3) is 4.47. The number of benzene rings is 1. The average Bonchev–Trinajstić information content (AvgIpc) is 2.56. The van der Waals surface area contributed by atoms with Gasteiger partial charge in [-0.3, -0.25) is 4.79 Å². The van der Waals surface area contributed by atoms with Crippen LogP contribution in [0.1, 0.15) is 52.0 Å². The van der Waals surface area contributed by atoms with Gasteiger partial charge in [-0.15, -0.1) is 0 Å². The second-order valence-electron chi connectivity index (χ2n) is 6.79. The lowest BCUT2D eigenvalue weighted by molar-refractivity contribution is -0.313. The zero-order chi connectivity index (χ0) is 17.7. The molecule has 0 bridgehead atoms. The zero-order valence-electron chi connectivity index (χ0n) is 14.7. The van der Waals surface area contributed by atoms with E-state index in [1.54, 1.807) is 0 Å². The first-order valence-corrected chi connectivity index (χ1v) is 8.68. The van der Waals surface area contributed by atoms with Gasteiger partial charge in [0.2, 0.25) is 5.91 Å². The Morgan fingerprint density at radius 1 is 1.08 bits per heavy atom. The van der Waals surface area contributed by atoms with E-state index in [0.29, 0.717) is 18.5 Å². The second kappa shape index (κ2) is 8.13. The van der Waals surface area contributed by atoms with Crippen molar-refractivity contribution in [1.29, 1.82) is 0 Å². The van der Waals surface area contributed by atoms with Gasteiger partial charge < -0.3 is 15.2 Å². The summed E-state index contributed by atoms with van der Waals surface area (Å²) in [5.41, 5.74) is 4.10. The van der Waals surface area contributed by atoms with E-state index in [9.17, 15) is 14.7 Å². The zero-order valence-corrected chi connectivity index (χ0v) is 14.7. The van der Waals surface area contributed by atoms with Crippen molar-refractivity contribution >= 4 is 17.6 Å². The molecule has 1 aromatic carbocycles. The number of carbonyl (C=O) groups is 2. The number of carboxylic acids is 1. The number of carboxylic acid groups (broad SMARTS) is 1. The van der Waals surface area contributed by atoms with E-state index >= 15 is 0 Å². The second-order valence-corrected chi connectivity index (χ2v) is 6.79. The number of rotatable bonds is 6. The fourth-order valence-electron chi connectivity index (χ4n) is 3.19. The van der Waals surface area contributed by atoms with Crippen molar-refractivity contribution in [1.82, 2.24) is 0 Å². The Bertz CT molecular complexity index is 631. The van der Waals surface area contributed by atoms with Gasteiger partial charge in [-0.25, -0.2) is 0 Å². The number of carbonyl (C=O) groups excluding carboxylic acids is 2. The molecule has 130 valence electrons. The minimum absolute atomic E-state index is 0.239. The van der Waals surface area contributed by atoms with Crippen molar-refractivity contribution in [2.75, 3.05) is 5.32 Å². The molecule has 2 rings (SSSR count). The molecular formula is C20H26NO3-. The highest BCUT2D eigenvalue weighted by Crippen LogP contribution is 2.34. The molecule has 0 fully saturated rings. The van der Waals surface area contributed by atoms with Crippen molar-refractivity contribution in [2.24, 2.45) is 11.8 Å². The summed E-state index contributed by atoms with van der Waals surface area (Å²) in [5, 5.41) is 14.3. The number of allylic oxidation sites excluding steroid dienone is 2. The van der Waals surface area contributed by atoms with Crippen molar-refractivity contribution in [3.63, 3.8) is 0 Å². The van der Waals surface area contributed by atoms with E-state index in [0.717, 1.165) is 30.4 Å². The fourth-order valence-corrected chi connectivity index (χ4v) is 3.19. The molecule has 4 nitrogen and oxygen atoms in total. The lowest BCUT2D eigenvalue weighted by Gasteiger charge is -2.32. The molecule has 0 aromatic heterocycles. The minimum Gasteiger partial charge on any atom is -0.550 e. The fraction of sp³-hybridized carbons (Fsp3) is 0.500. The highest BCUT2D eigenvalue weighted by atomic mass is 16.4. The maximum Gasteiger partial charge on any atom is 0.228 e. The Hall–Kier alpha value is -2.10. The summed E-state index contributed by atoms with van der Waals surface area (Å²) in [5.74, 6) is -2.70.